The molecule has 1 atom stereocenters. The fourth-order valence-electron chi connectivity index (χ4n) is 2.28. The molecule has 3 aromatic heterocycles. The van der Waals surface area contributed by atoms with Crippen LogP contribution in [-0.2, 0) is 20.0 Å². The lowest BCUT2D eigenvalue weighted by molar-refractivity contribution is 0.142. The number of aliphatic hydroxyl groups excluding tert-OH is 1. The van der Waals surface area contributed by atoms with Gasteiger partial charge in [0.05, 0.1) is 18.3 Å². The Bertz CT molecular complexity index is 833. The standard InChI is InChI=1S/C14H16N4O2S/c1-3-9-6-10-13(21-9)16-8-18(14(10)20)7-11(19)12-15-4-5-17(12)2/h4-6,8,11,19H,3,7H2,1-2H3/t11-/m0/s1. The van der Waals surface area contributed by atoms with Gasteiger partial charge in [0, 0.05) is 24.3 Å². The van der Waals surface area contributed by atoms with Gasteiger partial charge in [0.25, 0.3) is 5.56 Å². The summed E-state index contributed by atoms with van der Waals surface area (Å²) in [6.45, 7) is 2.19. The van der Waals surface area contributed by atoms with E-state index in [-0.39, 0.29) is 12.1 Å². The zero-order chi connectivity index (χ0) is 15.0. The molecule has 0 aliphatic carbocycles. The Balaban J connectivity index is 1.96. The normalized spacial score (nSPS) is 12.9. The van der Waals surface area contributed by atoms with Crippen LogP contribution in [0.4, 0.5) is 0 Å². The van der Waals surface area contributed by atoms with Crippen molar-refractivity contribution in [3.05, 3.63) is 45.8 Å². The van der Waals surface area contributed by atoms with Crippen molar-refractivity contribution in [2.45, 2.75) is 26.0 Å². The number of hydrogen-bond donors (Lipinski definition) is 1. The molecule has 7 heteroatoms. The van der Waals surface area contributed by atoms with Crippen molar-refractivity contribution in [1.29, 1.82) is 0 Å². The fourth-order valence-corrected chi connectivity index (χ4v) is 3.21. The Morgan fingerprint density at radius 3 is 2.90 bits per heavy atom. The maximum atomic E-state index is 12.4. The lowest BCUT2D eigenvalue weighted by Gasteiger charge is -2.12. The highest BCUT2D eigenvalue weighted by atomic mass is 32.1. The molecule has 0 aromatic carbocycles. The first-order chi connectivity index (χ1) is 10.1. The van der Waals surface area contributed by atoms with E-state index >= 15 is 0 Å². The number of aryl methyl sites for hydroxylation is 2. The first-order valence-corrected chi connectivity index (χ1v) is 7.55. The second-order valence-corrected chi connectivity index (χ2v) is 6.01. The molecule has 0 spiro atoms. The van der Waals surface area contributed by atoms with Gasteiger partial charge in [0.15, 0.2) is 0 Å². The number of fused-ring (bicyclic) bond motifs is 1. The average molecular weight is 304 g/mol. The summed E-state index contributed by atoms with van der Waals surface area (Å²) in [4.78, 5) is 22.7. The minimum absolute atomic E-state index is 0.121. The van der Waals surface area contributed by atoms with Crippen LogP contribution in [0.5, 0.6) is 0 Å². The highest BCUT2D eigenvalue weighted by Gasteiger charge is 2.15. The topological polar surface area (TPSA) is 72.9 Å². The molecule has 0 bridgehead atoms. The highest BCUT2D eigenvalue weighted by molar-refractivity contribution is 7.18. The van der Waals surface area contributed by atoms with E-state index in [4.69, 9.17) is 0 Å². The van der Waals surface area contributed by atoms with Crippen molar-refractivity contribution in [3.63, 3.8) is 0 Å². The van der Waals surface area contributed by atoms with Crippen LogP contribution in [0, 0.1) is 0 Å². The van der Waals surface area contributed by atoms with E-state index in [1.807, 2.05) is 20.0 Å². The van der Waals surface area contributed by atoms with Crippen molar-refractivity contribution < 1.29 is 5.11 Å². The van der Waals surface area contributed by atoms with E-state index in [9.17, 15) is 9.90 Å². The van der Waals surface area contributed by atoms with Gasteiger partial charge in [-0.05, 0) is 12.5 Å². The minimum atomic E-state index is -0.841. The molecule has 21 heavy (non-hydrogen) atoms. The smallest absolute Gasteiger partial charge is 0.262 e. The molecule has 0 saturated carbocycles. The first-order valence-electron chi connectivity index (χ1n) is 6.73. The van der Waals surface area contributed by atoms with Crippen LogP contribution in [0.25, 0.3) is 10.2 Å². The molecule has 0 aliphatic rings. The highest BCUT2D eigenvalue weighted by Crippen LogP contribution is 2.21. The summed E-state index contributed by atoms with van der Waals surface area (Å²) in [5.74, 6) is 0.529. The molecule has 0 saturated heterocycles. The Morgan fingerprint density at radius 1 is 1.43 bits per heavy atom. The molecular weight excluding hydrogens is 288 g/mol. The predicted molar refractivity (Wildman–Crippen MR) is 81.4 cm³/mol. The third kappa shape index (κ3) is 2.50. The van der Waals surface area contributed by atoms with Crippen LogP contribution in [0.2, 0.25) is 0 Å². The number of aliphatic hydroxyl groups is 1. The van der Waals surface area contributed by atoms with E-state index in [0.717, 1.165) is 16.1 Å². The van der Waals surface area contributed by atoms with Crippen LogP contribution >= 0.6 is 11.3 Å². The van der Waals surface area contributed by atoms with E-state index in [2.05, 4.69) is 9.97 Å². The molecule has 1 N–H and O–H groups in total. The SMILES string of the molecule is CCc1cc2c(=O)n(C[C@H](O)c3nccn3C)cnc2s1. The van der Waals surface area contributed by atoms with Crippen molar-refractivity contribution in [2.75, 3.05) is 0 Å². The van der Waals surface area contributed by atoms with E-state index in [1.165, 1.54) is 22.2 Å². The van der Waals surface area contributed by atoms with Gasteiger partial charge in [-0.3, -0.25) is 9.36 Å². The largest absolute Gasteiger partial charge is 0.383 e. The first kappa shape index (κ1) is 14.0. The van der Waals surface area contributed by atoms with E-state index in [0.29, 0.717) is 11.2 Å². The number of nitrogens with zero attached hydrogens (tertiary/aromatic N) is 4. The van der Waals surface area contributed by atoms with Gasteiger partial charge in [-0.25, -0.2) is 9.97 Å². The summed E-state index contributed by atoms with van der Waals surface area (Å²) < 4.78 is 3.18. The molecule has 0 amide bonds. The molecule has 3 aromatic rings. The predicted octanol–water partition coefficient (Wildman–Crippen LogP) is 1.49. The van der Waals surface area contributed by atoms with Crippen LogP contribution in [0.1, 0.15) is 23.7 Å². The van der Waals surface area contributed by atoms with E-state index < -0.39 is 6.10 Å². The summed E-state index contributed by atoms with van der Waals surface area (Å²) in [6, 6.07) is 1.89. The second kappa shape index (κ2) is 5.42. The molecule has 6 nitrogen and oxygen atoms in total. The van der Waals surface area contributed by atoms with E-state index in [1.54, 1.807) is 17.0 Å². The lowest BCUT2D eigenvalue weighted by atomic mass is 10.3. The lowest BCUT2D eigenvalue weighted by Crippen LogP contribution is -2.24. The van der Waals surface area contributed by atoms with Crippen LogP contribution < -0.4 is 5.56 Å². The van der Waals surface area contributed by atoms with Gasteiger partial charge in [-0.1, -0.05) is 6.92 Å². The summed E-state index contributed by atoms with van der Waals surface area (Å²) in [5.41, 5.74) is -0.121. The second-order valence-electron chi connectivity index (χ2n) is 4.90. The maximum absolute atomic E-state index is 12.4. The number of aromatic nitrogens is 4. The number of thiophene rings is 1. The van der Waals surface area contributed by atoms with Crippen LogP contribution in [0.15, 0.2) is 29.6 Å². The summed E-state index contributed by atoms with van der Waals surface area (Å²) in [7, 11) is 1.81. The monoisotopic (exact) mass is 304 g/mol. The Labute approximate surface area is 125 Å². The van der Waals surface area contributed by atoms with Gasteiger partial charge in [-0.2, -0.15) is 0 Å². The van der Waals surface area contributed by atoms with Crippen molar-refractivity contribution in [2.24, 2.45) is 7.05 Å². The van der Waals surface area contributed by atoms with Gasteiger partial charge in [0.1, 0.15) is 16.8 Å². The Hall–Kier alpha value is -1.99. The summed E-state index contributed by atoms with van der Waals surface area (Å²) >= 11 is 1.54. The number of hydrogen-bond acceptors (Lipinski definition) is 5. The Kier molecular flexibility index (Phi) is 3.60. The third-order valence-electron chi connectivity index (χ3n) is 3.44. The molecule has 3 heterocycles. The zero-order valence-corrected chi connectivity index (χ0v) is 12.7. The molecule has 0 aliphatic heterocycles. The van der Waals surface area contributed by atoms with Gasteiger partial charge in [0.2, 0.25) is 0 Å². The maximum Gasteiger partial charge on any atom is 0.262 e. The van der Waals surface area contributed by atoms with Gasteiger partial charge >= 0.3 is 0 Å². The minimum Gasteiger partial charge on any atom is -0.383 e. The molecule has 0 fully saturated rings. The Morgan fingerprint density at radius 2 is 2.24 bits per heavy atom. The number of imidazole rings is 1. The quantitative estimate of drug-likeness (QED) is 0.792. The van der Waals surface area contributed by atoms with Crippen molar-refractivity contribution in [3.8, 4) is 0 Å². The summed E-state index contributed by atoms with van der Waals surface area (Å²) in [5, 5.41) is 10.8. The molecule has 3 rings (SSSR count). The molecular formula is C14H16N4O2S. The fraction of sp³-hybridized carbons (Fsp3) is 0.357. The zero-order valence-electron chi connectivity index (χ0n) is 11.9. The van der Waals surface area contributed by atoms with Gasteiger partial charge < -0.3 is 9.67 Å². The van der Waals surface area contributed by atoms with Crippen LogP contribution in [-0.4, -0.2) is 24.2 Å². The van der Waals surface area contributed by atoms with Gasteiger partial charge in [-0.15, -0.1) is 11.3 Å². The molecule has 0 radical (unpaired) electrons. The molecule has 110 valence electrons. The van der Waals surface area contributed by atoms with Crippen molar-refractivity contribution >= 4 is 21.6 Å². The number of rotatable bonds is 4. The molecule has 0 unspecified atom stereocenters. The average Bonchev–Trinajstić information content (AvgIpc) is 3.08. The van der Waals surface area contributed by atoms with Crippen molar-refractivity contribution in [1.82, 2.24) is 19.1 Å². The van der Waals surface area contributed by atoms with Crippen LogP contribution in [0.3, 0.4) is 0 Å². The third-order valence-corrected chi connectivity index (χ3v) is 4.63. The summed E-state index contributed by atoms with van der Waals surface area (Å²) in [6.07, 6.45) is 4.92.